The van der Waals surface area contributed by atoms with E-state index in [-0.39, 0.29) is 29.5 Å². The van der Waals surface area contributed by atoms with Crippen LogP contribution in [0.2, 0.25) is 0 Å². The average molecular weight is 628 g/mol. The van der Waals surface area contributed by atoms with Crippen molar-refractivity contribution < 1.29 is 22.7 Å². The first kappa shape index (κ1) is 33.3. The molecule has 0 bridgehead atoms. The van der Waals surface area contributed by atoms with Crippen molar-refractivity contribution in [2.75, 3.05) is 24.0 Å². The number of aryl methyl sites for hydroxylation is 1. The van der Waals surface area contributed by atoms with Crippen LogP contribution in [0.25, 0.3) is 0 Å². The van der Waals surface area contributed by atoms with Gasteiger partial charge >= 0.3 is 0 Å². The first-order valence-corrected chi connectivity index (χ1v) is 16.6. The summed E-state index contributed by atoms with van der Waals surface area (Å²) in [7, 11) is -4.22. The zero-order valence-corrected chi connectivity index (χ0v) is 26.9. The molecule has 4 rings (SSSR count). The molecule has 9 heteroatoms. The molecule has 0 aliphatic heterocycles. The summed E-state index contributed by atoms with van der Waals surface area (Å²) in [4.78, 5) is 29.9. The number of carbonyl (C=O) groups excluding carboxylic acids is 2. The SMILES string of the molecule is CCCNC(=O)[C@@H](Cc1ccccc1)N(Cc1cccc(C)c1)C(=O)CN(c1ccccc1OCC)S(=O)(=O)c1ccccc1. The van der Waals surface area contributed by atoms with Gasteiger partial charge < -0.3 is 15.0 Å². The molecule has 0 spiro atoms. The van der Waals surface area contributed by atoms with Crippen LogP contribution in [-0.4, -0.2) is 50.9 Å². The molecule has 8 nitrogen and oxygen atoms in total. The molecule has 0 radical (unpaired) electrons. The summed E-state index contributed by atoms with van der Waals surface area (Å²) in [6.45, 7) is 6.06. The normalized spacial score (nSPS) is 11.8. The number of hydrogen-bond donors (Lipinski definition) is 1. The van der Waals surface area contributed by atoms with E-state index >= 15 is 0 Å². The van der Waals surface area contributed by atoms with Crippen molar-refractivity contribution in [3.05, 3.63) is 126 Å². The molecule has 0 aromatic heterocycles. The van der Waals surface area contributed by atoms with Gasteiger partial charge in [-0.1, -0.05) is 97.4 Å². The number of nitrogens with zero attached hydrogens (tertiary/aromatic N) is 2. The number of carbonyl (C=O) groups is 2. The van der Waals surface area contributed by atoms with Crippen molar-refractivity contribution in [1.82, 2.24) is 10.2 Å². The van der Waals surface area contributed by atoms with E-state index in [0.717, 1.165) is 27.4 Å². The van der Waals surface area contributed by atoms with Crippen molar-refractivity contribution in [3.8, 4) is 5.75 Å². The summed E-state index contributed by atoms with van der Waals surface area (Å²) in [6, 6.07) is 31.1. The predicted molar refractivity (Wildman–Crippen MR) is 178 cm³/mol. The van der Waals surface area contributed by atoms with Crippen molar-refractivity contribution in [2.45, 2.75) is 51.1 Å². The van der Waals surface area contributed by atoms with E-state index in [1.165, 1.54) is 17.0 Å². The Hall–Kier alpha value is -4.63. The maximum atomic E-state index is 14.6. The molecule has 0 heterocycles. The van der Waals surface area contributed by atoms with Crippen LogP contribution in [0.5, 0.6) is 5.75 Å². The van der Waals surface area contributed by atoms with E-state index < -0.39 is 28.5 Å². The Morgan fingerprint density at radius 2 is 1.47 bits per heavy atom. The number of hydrogen-bond acceptors (Lipinski definition) is 5. The van der Waals surface area contributed by atoms with E-state index in [1.807, 2.05) is 75.4 Å². The van der Waals surface area contributed by atoms with Crippen LogP contribution in [-0.2, 0) is 32.6 Å². The number of benzene rings is 4. The fraction of sp³-hybridized carbons (Fsp3) is 0.278. The van der Waals surface area contributed by atoms with Gasteiger partial charge in [0.15, 0.2) is 0 Å². The third-order valence-electron chi connectivity index (χ3n) is 7.30. The standard InChI is InChI=1S/C36H41N3O5S/c1-4-23-37-36(41)33(25-29-16-8-6-9-17-29)38(26-30-18-14-15-28(3)24-30)35(40)27-39(32-21-12-13-22-34(32)44-5-2)45(42,43)31-19-10-7-11-20-31/h6-22,24,33H,4-5,23,25-27H2,1-3H3,(H,37,41)/t33-/m1/s1. The van der Waals surface area contributed by atoms with Crippen molar-refractivity contribution >= 4 is 27.5 Å². The third kappa shape index (κ3) is 8.73. The van der Waals surface area contributed by atoms with Gasteiger partial charge in [0.25, 0.3) is 10.0 Å². The fourth-order valence-electron chi connectivity index (χ4n) is 5.10. The van der Waals surface area contributed by atoms with Crippen LogP contribution in [0.1, 0.15) is 37.0 Å². The molecular weight excluding hydrogens is 586 g/mol. The van der Waals surface area contributed by atoms with E-state index in [1.54, 1.807) is 42.5 Å². The monoisotopic (exact) mass is 627 g/mol. The second-order valence-electron chi connectivity index (χ2n) is 10.7. The molecule has 0 aliphatic carbocycles. The molecule has 236 valence electrons. The minimum absolute atomic E-state index is 0.0378. The minimum Gasteiger partial charge on any atom is -0.492 e. The quantitative estimate of drug-likeness (QED) is 0.181. The van der Waals surface area contributed by atoms with Gasteiger partial charge in [-0.05, 0) is 55.7 Å². The topological polar surface area (TPSA) is 96.0 Å². The van der Waals surface area contributed by atoms with Gasteiger partial charge in [-0.15, -0.1) is 0 Å². The summed E-state index contributed by atoms with van der Waals surface area (Å²) >= 11 is 0. The first-order chi connectivity index (χ1) is 21.7. The predicted octanol–water partition coefficient (Wildman–Crippen LogP) is 5.76. The van der Waals surface area contributed by atoms with Crippen molar-refractivity contribution in [3.63, 3.8) is 0 Å². The maximum absolute atomic E-state index is 14.6. The summed E-state index contributed by atoms with van der Waals surface area (Å²) in [5.41, 5.74) is 2.96. The number of rotatable bonds is 15. The summed E-state index contributed by atoms with van der Waals surface area (Å²) in [5.74, 6) is -0.483. The molecule has 0 saturated carbocycles. The van der Waals surface area contributed by atoms with Crippen LogP contribution >= 0.6 is 0 Å². The number of para-hydroxylation sites is 2. The van der Waals surface area contributed by atoms with Gasteiger partial charge in [-0.3, -0.25) is 13.9 Å². The Labute approximate surface area is 266 Å². The van der Waals surface area contributed by atoms with Gasteiger partial charge in [-0.25, -0.2) is 8.42 Å². The first-order valence-electron chi connectivity index (χ1n) is 15.2. The number of sulfonamides is 1. The van der Waals surface area contributed by atoms with Crippen LogP contribution in [0.4, 0.5) is 5.69 Å². The molecule has 1 atom stereocenters. The zero-order chi connectivity index (χ0) is 32.2. The molecular formula is C36H41N3O5S. The summed E-state index contributed by atoms with van der Waals surface area (Å²) in [5, 5.41) is 2.97. The fourth-order valence-corrected chi connectivity index (χ4v) is 6.55. The highest BCUT2D eigenvalue weighted by atomic mass is 32.2. The number of anilines is 1. The lowest BCUT2D eigenvalue weighted by molar-refractivity contribution is -0.140. The van der Waals surface area contributed by atoms with Gasteiger partial charge in [0.05, 0.1) is 17.2 Å². The Bertz CT molecular complexity index is 1660. The van der Waals surface area contributed by atoms with E-state index in [0.29, 0.717) is 18.9 Å². The maximum Gasteiger partial charge on any atom is 0.264 e. The highest BCUT2D eigenvalue weighted by molar-refractivity contribution is 7.92. The summed E-state index contributed by atoms with van der Waals surface area (Å²) in [6.07, 6.45) is 0.988. The van der Waals surface area contributed by atoms with Crippen molar-refractivity contribution in [1.29, 1.82) is 0 Å². The smallest absolute Gasteiger partial charge is 0.264 e. The lowest BCUT2D eigenvalue weighted by Crippen LogP contribution is -2.53. The molecule has 2 amide bonds. The van der Waals surface area contributed by atoms with Crippen LogP contribution < -0.4 is 14.4 Å². The molecule has 0 saturated heterocycles. The van der Waals surface area contributed by atoms with Crippen LogP contribution in [0.3, 0.4) is 0 Å². The van der Waals surface area contributed by atoms with Gasteiger partial charge in [0.2, 0.25) is 11.8 Å². The second kappa shape index (κ2) is 15.9. The molecule has 4 aromatic carbocycles. The molecule has 0 aliphatic rings. The van der Waals surface area contributed by atoms with E-state index in [2.05, 4.69) is 5.32 Å². The van der Waals surface area contributed by atoms with Crippen molar-refractivity contribution in [2.24, 2.45) is 0 Å². The Morgan fingerprint density at radius 3 is 2.13 bits per heavy atom. The molecule has 0 fully saturated rings. The highest BCUT2D eigenvalue weighted by Crippen LogP contribution is 2.33. The number of amides is 2. The lowest BCUT2D eigenvalue weighted by atomic mass is 10.0. The zero-order valence-electron chi connectivity index (χ0n) is 26.1. The summed E-state index contributed by atoms with van der Waals surface area (Å²) < 4.78 is 35.3. The largest absolute Gasteiger partial charge is 0.492 e. The van der Waals surface area contributed by atoms with Crippen LogP contribution in [0, 0.1) is 6.92 Å². The Morgan fingerprint density at radius 1 is 0.822 bits per heavy atom. The molecule has 4 aromatic rings. The third-order valence-corrected chi connectivity index (χ3v) is 9.07. The Kier molecular flexibility index (Phi) is 11.8. The lowest BCUT2D eigenvalue weighted by Gasteiger charge is -2.34. The van der Waals surface area contributed by atoms with Gasteiger partial charge in [0, 0.05) is 19.5 Å². The molecule has 45 heavy (non-hydrogen) atoms. The minimum atomic E-state index is -4.22. The van der Waals surface area contributed by atoms with Gasteiger partial charge in [-0.2, -0.15) is 0 Å². The van der Waals surface area contributed by atoms with Gasteiger partial charge in [0.1, 0.15) is 18.3 Å². The molecule has 0 unspecified atom stereocenters. The Balaban J connectivity index is 1.82. The van der Waals surface area contributed by atoms with E-state index in [4.69, 9.17) is 4.74 Å². The van der Waals surface area contributed by atoms with Crippen LogP contribution in [0.15, 0.2) is 114 Å². The second-order valence-corrected chi connectivity index (χ2v) is 12.6. The van der Waals surface area contributed by atoms with E-state index in [9.17, 15) is 18.0 Å². The molecule has 1 N–H and O–H groups in total. The number of ether oxygens (including phenoxy) is 1. The average Bonchev–Trinajstić information content (AvgIpc) is 3.05. The number of nitrogens with one attached hydrogen (secondary N) is 1. The highest BCUT2D eigenvalue weighted by Gasteiger charge is 2.35.